The molecular formula is C22H28F2N2. The highest BCUT2D eigenvalue weighted by Crippen LogP contribution is 2.30. The van der Waals surface area contributed by atoms with E-state index in [0.717, 1.165) is 43.6 Å². The number of rotatable bonds is 6. The van der Waals surface area contributed by atoms with Crippen LogP contribution in [0.15, 0.2) is 48.5 Å². The highest BCUT2D eigenvalue weighted by Gasteiger charge is 2.22. The van der Waals surface area contributed by atoms with E-state index >= 15 is 0 Å². The summed E-state index contributed by atoms with van der Waals surface area (Å²) in [5.41, 5.74) is 2.17. The van der Waals surface area contributed by atoms with E-state index in [2.05, 4.69) is 24.1 Å². The normalized spacial score (nSPS) is 21.3. The van der Waals surface area contributed by atoms with Gasteiger partial charge in [-0.05, 0) is 68.6 Å². The monoisotopic (exact) mass is 358 g/mol. The third kappa shape index (κ3) is 4.89. The minimum Gasteiger partial charge on any atom is -0.311 e. The molecule has 1 heterocycles. The van der Waals surface area contributed by atoms with Crippen molar-refractivity contribution in [1.29, 1.82) is 0 Å². The Labute approximate surface area is 155 Å². The molecule has 0 spiro atoms. The van der Waals surface area contributed by atoms with E-state index in [-0.39, 0.29) is 17.6 Å². The van der Waals surface area contributed by atoms with Gasteiger partial charge in [0.05, 0.1) is 0 Å². The molecule has 2 nitrogen and oxygen atoms in total. The molecule has 3 rings (SSSR count). The second-order valence-electron chi connectivity index (χ2n) is 7.45. The van der Waals surface area contributed by atoms with Gasteiger partial charge in [-0.1, -0.05) is 24.3 Å². The van der Waals surface area contributed by atoms with Gasteiger partial charge in [0, 0.05) is 31.1 Å². The molecule has 0 bridgehead atoms. The Balaban J connectivity index is 1.69. The van der Waals surface area contributed by atoms with E-state index in [1.807, 2.05) is 24.3 Å². The van der Waals surface area contributed by atoms with Crippen LogP contribution in [0.5, 0.6) is 0 Å². The predicted octanol–water partition coefficient (Wildman–Crippen LogP) is 4.56. The minimum absolute atomic E-state index is 0.159. The van der Waals surface area contributed by atoms with Gasteiger partial charge >= 0.3 is 0 Å². The van der Waals surface area contributed by atoms with E-state index in [1.54, 1.807) is 0 Å². The lowest BCUT2D eigenvalue weighted by Crippen LogP contribution is -2.54. The fourth-order valence-electron chi connectivity index (χ4n) is 3.82. The van der Waals surface area contributed by atoms with E-state index in [9.17, 15) is 8.78 Å². The van der Waals surface area contributed by atoms with Gasteiger partial charge in [0.25, 0.3) is 0 Å². The maximum atomic E-state index is 13.3. The minimum atomic E-state index is -0.227. The average molecular weight is 358 g/mol. The van der Waals surface area contributed by atoms with Crippen LogP contribution in [-0.4, -0.2) is 36.6 Å². The molecule has 1 aliphatic heterocycles. The summed E-state index contributed by atoms with van der Waals surface area (Å²) in [7, 11) is 0. The van der Waals surface area contributed by atoms with E-state index in [4.69, 9.17) is 0 Å². The van der Waals surface area contributed by atoms with Crippen molar-refractivity contribution in [3.8, 4) is 0 Å². The van der Waals surface area contributed by atoms with Gasteiger partial charge in [0.1, 0.15) is 11.6 Å². The Bertz CT molecular complexity index is 639. The molecule has 2 atom stereocenters. The Morgan fingerprint density at radius 2 is 1.50 bits per heavy atom. The van der Waals surface area contributed by atoms with Crippen LogP contribution in [-0.2, 0) is 0 Å². The Kier molecular flexibility index (Phi) is 6.38. The lowest BCUT2D eigenvalue weighted by atomic mass is 9.87. The van der Waals surface area contributed by atoms with E-state index < -0.39 is 0 Å². The van der Waals surface area contributed by atoms with Crippen LogP contribution in [0, 0.1) is 11.6 Å². The molecule has 140 valence electrons. The van der Waals surface area contributed by atoms with Crippen molar-refractivity contribution in [2.45, 2.75) is 44.7 Å². The topological polar surface area (TPSA) is 15.3 Å². The average Bonchev–Trinajstić information content (AvgIpc) is 2.63. The van der Waals surface area contributed by atoms with Crippen molar-refractivity contribution < 1.29 is 8.78 Å². The van der Waals surface area contributed by atoms with Crippen molar-refractivity contribution in [2.75, 3.05) is 19.6 Å². The van der Waals surface area contributed by atoms with Crippen LogP contribution >= 0.6 is 0 Å². The molecule has 2 aromatic rings. The molecule has 4 heteroatoms. The number of nitrogens with zero attached hydrogens (tertiary/aromatic N) is 1. The van der Waals surface area contributed by atoms with Crippen LogP contribution < -0.4 is 5.32 Å². The third-order valence-electron chi connectivity index (χ3n) is 5.38. The van der Waals surface area contributed by atoms with Crippen molar-refractivity contribution in [2.24, 2.45) is 0 Å². The third-order valence-corrected chi connectivity index (χ3v) is 5.38. The van der Waals surface area contributed by atoms with Gasteiger partial charge in [-0.3, -0.25) is 4.90 Å². The summed E-state index contributed by atoms with van der Waals surface area (Å²) in [6.07, 6.45) is 2.01. The zero-order valence-corrected chi connectivity index (χ0v) is 15.6. The number of piperazine rings is 1. The molecule has 0 aromatic heterocycles. The summed E-state index contributed by atoms with van der Waals surface area (Å²) in [6, 6.07) is 14.5. The molecule has 1 fully saturated rings. The Morgan fingerprint density at radius 1 is 0.962 bits per heavy atom. The van der Waals surface area contributed by atoms with Crippen molar-refractivity contribution in [1.82, 2.24) is 10.2 Å². The first kappa shape index (κ1) is 19.0. The SMILES string of the molecule is C[C@@H]1CN[C@@H](C)CN1CCCC(c1ccc(F)cc1)c1ccc(F)cc1. The molecule has 2 aromatic carbocycles. The summed E-state index contributed by atoms with van der Waals surface area (Å²) < 4.78 is 26.6. The standard InChI is InChI=1S/C22H28F2N2/c1-16-15-26(17(2)14-25-16)13-3-4-22(18-5-9-20(23)10-6-18)19-7-11-21(24)12-8-19/h5-12,16-17,22,25H,3-4,13-15H2,1-2H3/t16-,17+/m0/s1. The molecule has 1 aliphatic rings. The largest absolute Gasteiger partial charge is 0.311 e. The van der Waals surface area contributed by atoms with Crippen LogP contribution in [0.1, 0.15) is 43.7 Å². The fourth-order valence-corrected chi connectivity index (χ4v) is 3.82. The smallest absolute Gasteiger partial charge is 0.123 e. The zero-order valence-electron chi connectivity index (χ0n) is 15.6. The highest BCUT2D eigenvalue weighted by molar-refractivity contribution is 5.32. The molecule has 0 saturated carbocycles. The second-order valence-corrected chi connectivity index (χ2v) is 7.45. The van der Waals surface area contributed by atoms with Crippen LogP contribution in [0.2, 0.25) is 0 Å². The Hall–Kier alpha value is -1.78. The van der Waals surface area contributed by atoms with Crippen molar-refractivity contribution >= 4 is 0 Å². The first-order valence-electron chi connectivity index (χ1n) is 9.51. The number of nitrogens with one attached hydrogen (secondary N) is 1. The van der Waals surface area contributed by atoms with Crippen molar-refractivity contribution in [3.63, 3.8) is 0 Å². The lowest BCUT2D eigenvalue weighted by molar-refractivity contribution is 0.143. The zero-order chi connectivity index (χ0) is 18.5. The maximum Gasteiger partial charge on any atom is 0.123 e. The maximum absolute atomic E-state index is 13.3. The molecule has 0 unspecified atom stereocenters. The van der Waals surface area contributed by atoms with Gasteiger partial charge in [0.15, 0.2) is 0 Å². The summed E-state index contributed by atoms with van der Waals surface area (Å²) in [5.74, 6) is -0.294. The van der Waals surface area contributed by atoms with E-state index in [1.165, 1.54) is 24.3 Å². The number of benzene rings is 2. The molecular weight excluding hydrogens is 330 g/mol. The summed E-state index contributed by atoms with van der Waals surface area (Å²) in [6.45, 7) is 7.63. The Morgan fingerprint density at radius 3 is 2.04 bits per heavy atom. The van der Waals surface area contributed by atoms with E-state index in [0.29, 0.717) is 12.1 Å². The molecule has 26 heavy (non-hydrogen) atoms. The number of hydrogen-bond acceptors (Lipinski definition) is 2. The summed E-state index contributed by atoms with van der Waals surface area (Å²) in [5, 5.41) is 3.51. The van der Waals surface area contributed by atoms with Gasteiger partial charge in [-0.2, -0.15) is 0 Å². The molecule has 0 amide bonds. The molecule has 0 radical (unpaired) electrons. The van der Waals surface area contributed by atoms with Crippen LogP contribution in [0.3, 0.4) is 0 Å². The molecule has 1 saturated heterocycles. The fraction of sp³-hybridized carbons (Fsp3) is 0.455. The summed E-state index contributed by atoms with van der Waals surface area (Å²) in [4.78, 5) is 2.54. The highest BCUT2D eigenvalue weighted by atomic mass is 19.1. The molecule has 0 aliphatic carbocycles. The first-order valence-corrected chi connectivity index (χ1v) is 9.51. The number of hydrogen-bond donors (Lipinski definition) is 1. The number of halogens is 2. The van der Waals surface area contributed by atoms with Crippen LogP contribution in [0.4, 0.5) is 8.78 Å². The van der Waals surface area contributed by atoms with Gasteiger partial charge in [0.2, 0.25) is 0 Å². The molecule has 1 N–H and O–H groups in total. The second kappa shape index (κ2) is 8.74. The van der Waals surface area contributed by atoms with Crippen molar-refractivity contribution in [3.05, 3.63) is 71.3 Å². The van der Waals surface area contributed by atoms with Gasteiger partial charge in [-0.15, -0.1) is 0 Å². The van der Waals surface area contributed by atoms with Gasteiger partial charge < -0.3 is 5.32 Å². The quantitative estimate of drug-likeness (QED) is 0.814. The van der Waals surface area contributed by atoms with Crippen LogP contribution in [0.25, 0.3) is 0 Å². The first-order chi connectivity index (χ1) is 12.5. The van der Waals surface area contributed by atoms with Gasteiger partial charge in [-0.25, -0.2) is 8.78 Å². The predicted molar refractivity (Wildman–Crippen MR) is 102 cm³/mol. The summed E-state index contributed by atoms with van der Waals surface area (Å²) >= 11 is 0. The lowest BCUT2D eigenvalue weighted by Gasteiger charge is -2.37.